The molecule has 21 heavy (non-hydrogen) atoms. The summed E-state index contributed by atoms with van der Waals surface area (Å²) in [5.74, 6) is 1.40. The number of nitrogens with one attached hydrogen (secondary N) is 1. The molecule has 108 valence electrons. The molecule has 0 aliphatic rings. The molecule has 0 saturated carbocycles. The van der Waals surface area contributed by atoms with Gasteiger partial charge in [-0.15, -0.1) is 0 Å². The SMILES string of the molecule is COc1ccccc1OCCNc1ccc(C#N)cc1Cl. The van der Waals surface area contributed by atoms with Crippen molar-refractivity contribution in [2.45, 2.75) is 0 Å². The fraction of sp³-hybridized carbons (Fsp3) is 0.188. The van der Waals surface area contributed by atoms with Crippen LogP contribution >= 0.6 is 11.6 Å². The molecule has 0 unspecified atom stereocenters. The van der Waals surface area contributed by atoms with Crippen LogP contribution in [0.2, 0.25) is 5.02 Å². The predicted octanol–water partition coefficient (Wildman–Crippen LogP) is 3.71. The second-order valence-corrected chi connectivity index (χ2v) is 4.64. The van der Waals surface area contributed by atoms with Gasteiger partial charge in [0.1, 0.15) is 6.61 Å². The number of anilines is 1. The maximum atomic E-state index is 8.78. The number of nitriles is 1. The van der Waals surface area contributed by atoms with Gasteiger partial charge in [0, 0.05) is 6.54 Å². The summed E-state index contributed by atoms with van der Waals surface area (Å²) in [6.45, 7) is 1.06. The van der Waals surface area contributed by atoms with Gasteiger partial charge in [0.05, 0.1) is 29.5 Å². The summed E-state index contributed by atoms with van der Waals surface area (Å²) in [6, 6.07) is 14.7. The molecule has 0 heterocycles. The minimum absolute atomic E-state index is 0.469. The van der Waals surface area contributed by atoms with Gasteiger partial charge in [-0.2, -0.15) is 5.26 Å². The highest BCUT2D eigenvalue weighted by Crippen LogP contribution is 2.26. The Morgan fingerprint density at radius 2 is 1.95 bits per heavy atom. The lowest BCUT2D eigenvalue weighted by molar-refractivity contribution is 0.306. The van der Waals surface area contributed by atoms with Crippen LogP contribution in [0, 0.1) is 11.3 Å². The molecule has 2 aromatic rings. The molecule has 1 N–H and O–H groups in total. The smallest absolute Gasteiger partial charge is 0.161 e. The van der Waals surface area contributed by atoms with Crippen LogP contribution in [-0.4, -0.2) is 20.3 Å². The van der Waals surface area contributed by atoms with Gasteiger partial charge in [-0.3, -0.25) is 0 Å². The Labute approximate surface area is 128 Å². The van der Waals surface area contributed by atoms with Gasteiger partial charge in [0.15, 0.2) is 11.5 Å². The summed E-state index contributed by atoms with van der Waals surface area (Å²) in [5, 5.41) is 12.5. The van der Waals surface area contributed by atoms with Crippen molar-refractivity contribution in [1.29, 1.82) is 5.26 Å². The molecule has 0 spiro atoms. The lowest BCUT2D eigenvalue weighted by atomic mass is 10.2. The van der Waals surface area contributed by atoms with Gasteiger partial charge in [0.25, 0.3) is 0 Å². The number of nitrogens with zero attached hydrogens (tertiary/aromatic N) is 1. The first-order chi connectivity index (χ1) is 10.2. The normalized spacial score (nSPS) is 9.76. The Morgan fingerprint density at radius 1 is 1.19 bits per heavy atom. The van der Waals surface area contributed by atoms with Crippen molar-refractivity contribution in [1.82, 2.24) is 0 Å². The lowest BCUT2D eigenvalue weighted by Gasteiger charge is -2.12. The minimum atomic E-state index is 0.469. The minimum Gasteiger partial charge on any atom is -0.493 e. The van der Waals surface area contributed by atoms with Crippen molar-refractivity contribution in [3.63, 3.8) is 0 Å². The van der Waals surface area contributed by atoms with E-state index in [0.29, 0.717) is 35.2 Å². The van der Waals surface area contributed by atoms with Crippen LogP contribution in [0.5, 0.6) is 11.5 Å². The number of hydrogen-bond donors (Lipinski definition) is 1. The van der Waals surface area contributed by atoms with E-state index >= 15 is 0 Å². The third-order valence-electron chi connectivity index (χ3n) is 2.84. The van der Waals surface area contributed by atoms with Crippen LogP contribution in [0.15, 0.2) is 42.5 Å². The van der Waals surface area contributed by atoms with Gasteiger partial charge in [-0.25, -0.2) is 0 Å². The Hall–Kier alpha value is -2.38. The molecule has 0 radical (unpaired) electrons. The van der Waals surface area contributed by atoms with E-state index in [1.54, 1.807) is 25.3 Å². The molecule has 2 rings (SSSR count). The van der Waals surface area contributed by atoms with E-state index in [2.05, 4.69) is 5.32 Å². The van der Waals surface area contributed by atoms with Crippen molar-refractivity contribution >= 4 is 17.3 Å². The number of para-hydroxylation sites is 2. The summed E-state index contributed by atoms with van der Waals surface area (Å²) in [7, 11) is 1.61. The molecule has 2 aromatic carbocycles. The summed E-state index contributed by atoms with van der Waals surface area (Å²) in [6.07, 6.45) is 0. The maximum absolute atomic E-state index is 8.78. The van der Waals surface area contributed by atoms with E-state index < -0.39 is 0 Å². The number of rotatable bonds is 6. The van der Waals surface area contributed by atoms with E-state index in [0.717, 1.165) is 5.69 Å². The molecule has 0 aliphatic heterocycles. The monoisotopic (exact) mass is 302 g/mol. The predicted molar refractivity (Wildman–Crippen MR) is 83.1 cm³/mol. The van der Waals surface area contributed by atoms with Crippen LogP contribution in [0.1, 0.15) is 5.56 Å². The summed E-state index contributed by atoms with van der Waals surface area (Å²) in [5.41, 5.74) is 1.31. The van der Waals surface area contributed by atoms with E-state index in [9.17, 15) is 0 Å². The zero-order valence-corrected chi connectivity index (χ0v) is 12.4. The highest BCUT2D eigenvalue weighted by molar-refractivity contribution is 6.33. The summed E-state index contributed by atoms with van der Waals surface area (Å²) >= 11 is 6.08. The molecule has 0 bridgehead atoms. The second kappa shape index (κ2) is 7.41. The van der Waals surface area contributed by atoms with Crippen LogP contribution in [-0.2, 0) is 0 Å². The molecule has 0 aliphatic carbocycles. The average molecular weight is 303 g/mol. The summed E-state index contributed by atoms with van der Waals surface area (Å²) in [4.78, 5) is 0. The number of halogens is 1. The summed E-state index contributed by atoms with van der Waals surface area (Å²) < 4.78 is 10.9. The zero-order valence-electron chi connectivity index (χ0n) is 11.6. The van der Waals surface area contributed by atoms with Gasteiger partial charge in [-0.05, 0) is 30.3 Å². The van der Waals surface area contributed by atoms with E-state index in [1.165, 1.54) is 0 Å². The molecular weight excluding hydrogens is 288 g/mol. The molecule has 0 saturated heterocycles. The molecule has 0 atom stereocenters. The number of methoxy groups -OCH3 is 1. The fourth-order valence-corrected chi connectivity index (χ4v) is 2.06. The van der Waals surface area contributed by atoms with Gasteiger partial charge >= 0.3 is 0 Å². The van der Waals surface area contributed by atoms with Crippen molar-refractivity contribution in [3.05, 3.63) is 53.1 Å². The second-order valence-electron chi connectivity index (χ2n) is 4.23. The fourth-order valence-electron chi connectivity index (χ4n) is 1.81. The average Bonchev–Trinajstić information content (AvgIpc) is 2.53. The van der Waals surface area contributed by atoms with Gasteiger partial charge < -0.3 is 14.8 Å². The number of ether oxygens (including phenoxy) is 2. The van der Waals surface area contributed by atoms with Gasteiger partial charge in [0.2, 0.25) is 0 Å². The third kappa shape index (κ3) is 4.04. The standard InChI is InChI=1S/C16H15ClN2O2/c1-20-15-4-2-3-5-16(15)21-9-8-19-14-7-6-12(11-18)10-13(14)17/h2-7,10,19H,8-9H2,1H3. The first kappa shape index (κ1) is 15.0. The molecule has 5 heteroatoms. The zero-order chi connectivity index (χ0) is 15.1. The van der Waals surface area contributed by atoms with Crippen LogP contribution < -0.4 is 14.8 Å². The highest BCUT2D eigenvalue weighted by atomic mass is 35.5. The third-order valence-corrected chi connectivity index (χ3v) is 3.16. The van der Waals surface area contributed by atoms with E-state index in [1.807, 2.05) is 30.3 Å². The number of hydrogen-bond acceptors (Lipinski definition) is 4. The van der Waals surface area contributed by atoms with E-state index in [4.69, 9.17) is 26.3 Å². The van der Waals surface area contributed by atoms with E-state index in [-0.39, 0.29) is 0 Å². The molecule has 4 nitrogen and oxygen atoms in total. The first-order valence-corrected chi connectivity index (χ1v) is 6.81. The Kier molecular flexibility index (Phi) is 5.30. The van der Waals surface area contributed by atoms with Crippen LogP contribution in [0.3, 0.4) is 0 Å². The molecule has 0 aromatic heterocycles. The Bertz CT molecular complexity index is 653. The molecule has 0 amide bonds. The van der Waals surface area contributed by atoms with Crippen LogP contribution in [0.4, 0.5) is 5.69 Å². The lowest BCUT2D eigenvalue weighted by Crippen LogP contribution is -2.12. The van der Waals surface area contributed by atoms with Crippen molar-refractivity contribution in [3.8, 4) is 17.6 Å². The number of benzene rings is 2. The Balaban J connectivity index is 1.86. The Morgan fingerprint density at radius 3 is 2.62 bits per heavy atom. The highest BCUT2D eigenvalue weighted by Gasteiger charge is 2.03. The quantitative estimate of drug-likeness (QED) is 0.826. The van der Waals surface area contributed by atoms with Crippen molar-refractivity contribution in [2.24, 2.45) is 0 Å². The van der Waals surface area contributed by atoms with Gasteiger partial charge in [-0.1, -0.05) is 23.7 Å². The largest absolute Gasteiger partial charge is 0.493 e. The maximum Gasteiger partial charge on any atom is 0.161 e. The van der Waals surface area contributed by atoms with Crippen molar-refractivity contribution in [2.75, 3.05) is 25.6 Å². The molecule has 0 fully saturated rings. The molecular formula is C16H15ClN2O2. The topological polar surface area (TPSA) is 54.3 Å². The van der Waals surface area contributed by atoms with Crippen molar-refractivity contribution < 1.29 is 9.47 Å². The van der Waals surface area contributed by atoms with Crippen LogP contribution in [0.25, 0.3) is 0 Å². The first-order valence-electron chi connectivity index (χ1n) is 6.44.